The fourth-order valence-electron chi connectivity index (χ4n) is 4.53. The van der Waals surface area contributed by atoms with Crippen molar-refractivity contribution in [1.82, 2.24) is 9.78 Å². The lowest BCUT2D eigenvalue weighted by molar-refractivity contribution is -0.137. The highest BCUT2D eigenvalue weighted by Gasteiger charge is 2.67. The number of fused-ring (bicyclic) bond motifs is 1. The standard InChI is InChI=1S/C26H16Cl5F3N4O2/c1-38-19-5-2-12(26(32,33)34)8-17(19)22(37-38)36-23(39)16-10-15(3-4-18(16)29)35-24(40)21-20(25(21,30)31)11-6-13(27)9-14(28)7-11/h2-10,20-21H,1H3,(H,35,40)(H,36,37,39). The lowest BCUT2D eigenvalue weighted by Gasteiger charge is -2.10. The van der Waals surface area contributed by atoms with Crippen molar-refractivity contribution in [1.29, 1.82) is 0 Å². The molecule has 1 fully saturated rings. The van der Waals surface area contributed by atoms with Crippen LogP contribution in [0.3, 0.4) is 0 Å². The van der Waals surface area contributed by atoms with Gasteiger partial charge in [-0.15, -0.1) is 23.2 Å². The molecule has 0 spiro atoms. The number of aromatic nitrogens is 2. The third-order valence-corrected chi connectivity index (χ3v) is 8.17. The fourth-order valence-corrected chi connectivity index (χ4v) is 6.10. The molecular formula is C26H16Cl5F3N4O2. The Bertz CT molecular complexity index is 1670. The highest BCUT2D eigenvalue weighted by Crippen LogP contribution is 2.65. The normalized spacial score (nSPS) is 18.0. The van der Waals surface area contributed by atoms with E-state index >= 15 is 0 Å². The molecule has 14 heteroatoms. The number of carbonyl (C=O) groups excluding carboxylic acids is 2. The summed E-state index contributed by atoms with van der Waals surface area (Å²) in [5, 5.41) is 10.2. The zero-order valence-electron chi connectivity index (χ0n) is 20.1. The van der Waals surface area contributed by atoms with Crippen molar-refractivity contribution in [2.45, 2.75) is 16.4 Å². The van der Waals surface area contributed by atoms with Gasteiger partial charge in [-0.3, -0.25) is 14.3 Å². The molecule has 0 aliphatic heterocycles. The van der Waals surface area contributed by atoms with Crippen LogP contribution in [0.5, 0.6) is 0 Å². The Hall–Kier alpha value is -2.69. The number of aryl methyl sites for hydroxylation is 1. The van der Waals surface area contributed by atoms with Crippen molar-refractivity contribution in [3.63, 3.8) is 0 Å². The fraction of sp³-hybridized carbons (Fsp3) is 0.192. The van der Waals surface area contributed by atoms with Crippen LogP contribution in [0.25, 0.3) is 10.9 Å². The van der Waals surface area contributed by atoms with Gasteiger partial charge >= 0.3 is 6.18 Å². The first kappa shape index (κ1) is 28.8. The van der Waals surface area contributed by atoms with Crippen molar-refractivity contribution in [2.75, 3.05) is 10.6 Å². The van der Waals surface area contributed by atoms with Crippen LogP contribution in [-0.2, 0) is 18.0 Å². The molecule has 1 saturated carbocycles. The summed E-state index contributed by atoms with van der Waals surface area (Å²) in [4.78, 5) is 26.2. The second-order valence-corrected chi connectivity index (χ2v) is 11.9. The molecule has 2 unspecified atom stereocenters. The average Bonchev–Trinajstić information content (AvgIpc) is 3.31. The molecule has 1 aliphatic rings. The molecule has 2 N–H and O–H groups in total. The van der Waals surface area contributed by atoms with E-state index in [4.69, 9.17) is 58.0 Å². The highest BCUT2D eigenvalue weighted by atomic mass is 35.5. The molecule has 1 heterocycles. The minimum absolute atomic E-state index is 0.0358. The van der Waals surface area contributed by atoms with Gasteiger partial charge in [0.2, 0.25) is 5.91 Å². The van der Waals surface area contributed by atoms with Crippen LogP contribution in [0.1, 0.15) is 27.4 Å². The summed E-state index contributed by atoms with van der Waals surface area (Å²) in [6.45, 7) is 0. The number of hydrogen-bond acceptors (Lipinski definition) is 3. The third-order valence-electron chi connectivity index (χ3n) is 6.47. The molecule has 1 aromatic heterocycles. The molecule has 0 bridgehead atoms. The maximum atomic E-state index is 13.3. The summed E-state index contributed by atoms with van der Waals surface area (Å²) in [5.41, 5.74) is 0.237. The number of anilines is 2. The quantitative estimate of drug-likeness (QED) is 0.213. The van der Waals surface area contributed by atoms with Gasteiger partial charge in [0.1, 0.15) is 4.33 Å². The second kappa shape index (κ2) is 10.3. The van der Waals surface area contributed by atoms with Crippen LogP contribution in [0.4, 0.5) is 24.7 Å². The average molecular weight is 651 g/mol. The van der Waals surface area contributed by atoms with Crippen molar-refractivity contribution >= 4 is 92.2 Å². The number of benzene rings is 3. The maximum absolute atomic E-state index is 13.3. The van der Waals surface area contributed by atoms with E-state index in [-0.39, 0.29) is 27.5 Å². The Kier molecular flexibility index (Phi) is 7.42. The van der Waals surface area contributed by atoms with Crippen molar-refractivity contribution in [3.05, 3.63) is 86.4 Å². The first-order valence-corrected chi connectivity index (χ1v) is 13.4. The van der Waals surface area contributed by atoms with Gasteiger partial charge < -0.3 is 10.6 Å². The molecular weight excluding hydrogens is 635 g/mol. The predicted molar refractivity (Wildman–Crippen MR) is 151 cm³/mol. The van der Waals surface area contributed by atoms with E-state index < -0.39 is 39.7 Å². The molecule has 0 radical (unpaired) electrons. The monoisotopic (exact) mass is 648 g/mol. The summed E-state index contributed by atoms with van der Waals surface area (Å²) in [7, 11) is 1.53. The zero-order chi connectivity index (χ0) is 29.1. The smallest absolute Gasteiger partial charge is 0.326 e. The molecule has 40 heavy (non-hydrogen) atoms. The van der Waals surface area contributed by atoms with Crippen LogP contribution in [-0.4, -0.2) is 25.9 Å². The van der Waals surface area contributed by atoms with E-state index in [1.54, 1.807) is 12.1 Å². The van der Waals surface area contributed by atoms with Gasteiger partial charge in [-0.1, -0.05) is 34.8 Å². The van der Waals surface area contributed by atoms with E-state index in [9.17, 15) is 22.8 Å². The summed E-state index contributed by atoms with van der Waals surface area (Å²) in [6.07, 6.45) is -4.58. The Balaban J connectivity index is 1.37. The van der Waals surface area contributed by atoms with E-state index in [0.717, 1.165) is 12.1 Å². The Labute approximate surface area is 250 Å². The summed E-state index contributed by atoms with van der Waals surface area (Å²) in [5.74, 6) is -2.79. The van der Waals surface area contributed by atoms with Gasteiger partial charge in [0.15, 0.2) is 5.82 Å². The van der Waals surface area contributed by atoms with Crippen LogP contribution < -0.4 is 10.6 Å². The van der Waals surface area contributed by atoms with Crippen molar-refractivity contribution in [3.8, 4) is 0 Å². The summed E-state index contributed by atoms with van der Waals surface area (Å²) < 4.78 is 39.7. The molecule has 1 aliphatic carbocycles. The predicted octanol–water partition coefficient (Wildman–Crippen LogP) is 8.33. The largest absolute Gasteiger partial charge is 0.416 e. The molecule has 2 atom stereocenters. The number of amides is 2. The van der Waals surface area contributed by atoms with E-state index in [1.807, 2.05) is 0 Å². The van der Waals surface area contributed by atoms with Gasteiger partial charge in [-0.25, -0.2) is 0 Å². The molecule has 0 saturated heterocycles. The zero-order valence-corrected chi connectivity index (χ0v) is 23.9. The van der Waals surface area contributed by atoms with Crippen LogP contribution in [0.2, 0.25) is 15.1 Å². The lowest BCUT2D eigenvalue weighted by atomic mass is 10.1. The van der Waals surface area contributed by atoms with Gasteiger partial charge in [-0.2, -0.15) is 18.3 Å². The Morgan fingerprint density at radius 1 is 0.950 bits per heavy atom. The number of nitrogens with zero attached hydrogens (tertiary/aromatic N) is 2. The second-order valence-electron chi connectivity index (χ2n) is 9.17. The number of nitrogens with one attached hydrogen (secondary N) is 2. The summed E-state index contributed by atoms with van der Waals surface area (Å²) >= 11 is 31.2. The molecule has 3 aromatic carbocycles. The lowest BCUT2D eigenvalue weighted by Crippen LogP contribution is -2.18. The molecule has 4 aromatic rings. The molecule has 5 rings (SSSR count). The number of hydrogen-bond donors (Lipinski definition) is 2. The van der Waals surface area contributed by atoms with Crippen LogP contribution in [0, 0.1) is 5.92 Å². The Morgan fingerprint density at radius 2 is 1.62 bits per heavy atom. The van der Waals surface area contributed by atoms with E-state index in [0.29, 0.717) is 21.1 Å². The van der Waals surface area contributed by atoms with E-state index in [2.05, 4.69) is 15.7 Å². The van der Waals surface area contributed by atoms with Gasteiger partial charge in [0, 0.05) is 34.1 Å². The highest BCUT2D eigenvalue weighted by molar-refractivity contribution is 6.53. The Morgan fingerprint density at radius 3 is 2.27 bits per heavy atom. The topological polar surface area (TPSA) is 76.0 Å². The molecule has 208 valence electrons. The summed E-state index contributed by atoms with van der Waals surface area (Å²) in [6, 6.07) is 12.1. The number of alkyl halides is 5. The SMILES string of the molecule is Cn1nc(NC(=O)c2cc(NC(=O)C3C(c4cc(Cl)cc(Cl)c4)C3(Cl)Cl)ccc2Cl)c2cc(C(F)(F)F)ccc21. The number of rotatable bonds is 5. The van der Waals surface area contributed by atoms with Gasteiger partial charge in [0.05, 0.1) is 27.6 Å². The minimum atomic E-state index is -4.58. The van der Waals surface area contributed by atoms with Gasteiger partial charge in [-0.05, 0) is 60.2 Å². The van der Waals surface area contributed by atoms with Gasteiger partial charge in [0.25, 0.3) is 5.91 Å². The van der Waals surface area contributed by atoms with Crippen LogP contribution in [0.15, 0.2) is 54.6 Å². The molecule has 2 amide bonds. The minimum Gasteiger partial charge on any atom is -0.326 e. The van der Waals surface area contributed by atoms with Crippen LogP contribution >= 0.6 is 58.0 Å². The van der Waals surface area contributed by atoms with E-state index in [1.165, 1.54) is 42.1 Å². The number of carbonyl (C=O) groups is 2. The van der Waals surface area contributed by atoms with Crippen molar-refractivity contribution in [2.24, 2.45) is 13.0 Å². The number of halogens is 8. The van der Waals surface area contributed by atoms with Crippen molar-refractivity contribution < 1.29 is 22.8 Å². The first-order chi connectivity index (χ1) is 18.7. The third kappa shape index (κ3) is 5.45. The maximum Gasteiger partial charge on any atom is 0.416 e. The first-order valence-electron chi connectivity index (χ1n) is 11.5. The molecule has 6 nitrogen and oxygen atoms in total.